The normalized spacial score (nSPS) is 29.1. The number of hydrogen-bond acceptors (Lipinski definition) is 12. The molecule has 10 aliphatic heterocycles. The van der Waals surface area contributed by atoms with Crippen molar-refractivity contribution >= 4 is 47.3 Å². The molecule has 3 aromatic rings. The topological polar surface area (TPSA) is 151 Å². The van der Waals surface area contributed by atoms with Crippen LogP contribution in [0.5, 0.6) is 0 Å². The molecule has 2 aliphatic carbocycles. The van der Waals surface area contributed by atoms with Gasteiger partial charge in [-0.2, -0.15) is 0 Å². The van der Waals surface area contributed by atoms with Crippen LogP contribution in [0.2, 0.25) is 0 Å². The third-order valence-electron chi connectivity index (χ3n) is 24.6. The smallest absolute Gasteiger partial charge is 0.414 e. The van der Waals surface area contributed by atoms with E-state index in [1.807, 2.05) is 14.7 Å². The van der Waals surface area contributed by atoms with Crippen LogP contribution < -0.4 is 14.7 Å². The van der Waals surface area contributed by atoms with E-state index in [0.717, 1.165) is 187 Å². The summed E-state index contributed by atoms with van der Waals surface area (Å²) in [6, 6.07) is 16.8. The van der Waals surface area contributed by atoms with Crippen LogP contribution in [0.4, 0.5) is 53.8 Å². The molecule has 7 saturated heterocycles. The maximum atomic E-state index is 14.2. The molecule has 0 aromatic heterocycles. The van der Waals surface area contributed by atoms with Crippen molar-refractivity contribution in [1.82, 2.24) is 29.4 Å². The van der Waals surface area contributed by atoms with Crippen LogP contribution in [-0.4, -0.2) is 216 Å². The van der Waals surface area contributed by atoms with Crippen molar-refractivity contribution in [2.75, 3.05) is 128 Å². The minimum absolute atomic E-state index is 0.0484. The lowest BCUT2D eigenvalue weighted by molar-refractivity contribution is -0.116. The van der Waals surface area contributed by atoms with Crippen LogP contribution >= 0.6 is 0 Å². The zero-order chi connectivity index (χ0) is 65.8. The maximum Gasteiger partial charge on any atom is 0.414 e. The molecular formula is C72H97F4N9O9. The number of carbonyl (C=O) groups is 5. The Labute approximate surface area is 551 Å². The van der Waals surface area contributed by atoms with Crippen LogP contribution in [0.1, 0.15) is 146 Å². The van der Waals surface area contributed by atoms with E-state index in [1.54, 1.807) is 79.2 Å². The van der Waals surface area contributed by atoms with Gasteiger partial charge in [-0.05, 0) is 232 Å². The van der Waals surface area contributed by atoms with Gasteiger partial charge in [0.25, 0.3) is 0 Å². The van der Waals surface area contributed by atoms with Gasteiger partial charge in [-0.25, -0.2) is 36.7 Å². The Balaban J connectivity index is 0.000000129. The maximum absolute atomic E-state index is 14.2. The number of nitrogens with zero attached hydrogens (tertiary/aromatic N) is 9. The Morgan fingerprint density at radius 2 is 0.840 bits per heavy atom. The fraction of sp³-hybridized carbons (Fsp3) is 0.681. The number of amides is 6. The van der Waals surface area contributed by atoms with E-state index in [-0.39, 0.29) is 95.2 Å². The predicted octanol–water partition coefficient (Wildman–Crippen LogP) is 11.4. The zero-order valence-corrected chi connectivity index (χ0v) is 55.7. The van der Waals surface area contributed by atoms with Crippen LogP contribution in [0.25, 0.3) is 0 Å². The van der Waals surface area contributed by atoms with Gasteiger partial charge in [-0.3, -0.25) is 14.6 Å². The molecular weight excluding hydrogens is 1210 g/mol. The number of rotatable bonds is 8. The van der Waals surface area contributed by atoms with Crippen molar-refractivity contribution in [2.45, 2.75) is 187 Å². The monoisotopic (exact) mass is 1310 g/mol. The van der Waals surface area contributed by atoms with E-state index < -0.39 is 12.8 Å². The molecule has 15 rings (SSSR count). The molecule has 6 atom stereocenters. The first-order valence-electron chi connectivity index (χ1n) is 35.0. The minimum atomic E-state index is -0.655. The Kier molecular flexibility index (Phi) is 19.3. The molecule has 3 spiro atoms. The van der Waals surface area contributed by atoms with E-state index in [0.29, 0.717) is 31.8 Å². The quantitative estimate of drug-likeness (QED) is 0.120. The molecule has 22 heteroatoms. The van der Waals surface area contributed by atoms with Gasteiger partial charge in [0.15, 0.2) is 0 Å². The van der Waals surface area contributed by atoms with Crippen molar-refractivity contribution in [3.63, 3.8) is 0 Å². The van der Waals surface area contributed by atoms with Crippen LogP contribution in [-0.2, 0) is 40.0 Å². The second kappa shape index (κ2) is 27.4. The second-order valence-electron chi connectivity index (χ2n) is 29.8. The molecule has 0 N–H and O–H groups in total. The highest BCUT2D eigenvalue weighted by Gasteiger charge is 2.54. The standard InChI is InChI=1S/C25H34F2N4O3.C25H34FN3O5.C22H29FN2O/c1-28(2)23(32)30-16-25(21-13-17(27)3-6-22(21)30)7-10-29(11-8-25)20-14-18-4-5-19(15-20)31(18)24(33)34-12-9-26;1-32-11-12-34-24(31)29-18-4-5-19(29)15-20(14-18)27-9-7-25(8-10-27)16-28(23(30)33-2)22-6-3-17(26)13-21(22)25;1-15(26)25-14-22(20-13-18(23)4-5-21(20)25)6-8-24(9-7-22)19-11-16-2-3-17(10-16)12-19/h2*3,6,13,18-20H,4-5,7-12,14-16H2,1-2H3;4-5,13,16-17,19H,2-3,6-12,14H2,1H3. The predicted molar refractivity (Wildman–Crippen MR) is 349 cm³/mol. The minimum Gasteiger partial charge on any atom is -0.452 e. The number of hydrogen-bond donors (Lipinski definition) is 0. The van der Waals surface area contributed by atoms with Gasteiger partial charge in [0, 0.05) is 118 Å². The molecule has 94 heavy (non-hydrogen) atoms. The highest BCUT2D eigenvalue weighted by atomic mass is 19.1. The first-order valence-corrected chi connectivity index (χ1v) is 35.0. The molecule has 512 valence electrons. The van der Waals surface area contributed by atoms with E-state index in [9.17, 15) is 41.5 Å². The Hall–Kier alpha value is -6.23. The zero-order valence-electron chi connectivity index (χ0n) is 55.7. The van der Waals surface area contributed by atoms with Gasteiger partial charge in [0.1, 0.15) is 37.3 Å². The summed E-state index contributed by atoms with van der Waals surface area (Å²) in [6.45, 7) is 9.07. The summed E-state index contributed by atoms with van der Waals surface area (Å²) in [5.41, 5.74) is 4.94. The van der Waals surface area contributed by atoms with Gasteiger partial charge in [-0.1, -0.05) is 12.8 Å². The number of benzene rings is 3. The van der Waals surface area contributed by atoms with Crippen molar-refractivity contribution in [3.05, 3.63) is 88.7 Å². The number of likely N-dealkylation sites (tertiary alicyclic amines) is 3. The van der Waals surface area contributed by atoms with E-state index >= 15 is 0 Å². The van der Waals surface area contributed by atoms with Crippen molar-refractivity contribution in [1.29, 1.82) is 0 Å². The number of fused-ring (bicyclic) bond motifs is 12. The Morgan fingerprint density at radius 3 is 1.22 bits per heavy atom. The van der Waals surface area contributed by atoms with Crippen LogP contribution in [0.15, 0.2) is 54.6 Å². The number of ether oxygens (including phenoxy) is 4. The fourth-order valence-corrected chi connectivity index (χ4v) is 19.9. The van der Waals surface area contributed by atoms with Gasteiger partial charge in [0.2, 0.25) is 5.91 Å². The van der Waals surface area contributed by atoms with Crippen LogP contribution in [0.3, 0.4) is 0 Å². The fourth-order valence-electron chi connectivity index (χ4n) is 19.9. The number of alkyl halides is 1. The van der Waals surface area contributed by atoms with Crippen molar-refractivity contribution < 1.29 is 60.5 Å². The van der Waals surface area contributed by atoms with Gasteiger partial charge in [-0.15, -0.1) is 0 Å². The number of carbonyl (C=O) groups excluding carboxylic acids is 5. The summed E-state index contributed by atoms with van der Waals surface area (Å²) in [6.07, 6.45) is 19.4. The SMILES string of the molecule is CC(=O)N1CC2(CCN(C3CC4CCC(C4)C3)CC2)c2cc(F)ccc21.CN(C)C(=O)N1CC2(CCN(C3CC4CCC(C3)N4C(=O)OCCF)CC2)c2cc(F)ccc21.COCCOC(=O)N1C2CCC1CC(N1CCC3(CC1)CN(C(=O)OC)c1ccc(F)cc13)C2. The van der Waals surface area contributed by atoms with Crippen LogP contribution in [0, 0.1) is 29.3 Å². The summed E-state index contributed by atoms with van der Waals surface area (Å²) in [5, 5.41) is 0. The molecule has 18 nitrogen and oxygen atoms in total. The number of urea groups is 1. The molecule has 6 unspecified atom stereocenters. The number of piperidine rings is 5. The lowest BCUT2D eigenvalue weighted by Gasteiger charge is -2.47. The molecule has 0 radical (unpaired) electrons. The van der Waals surface area contributed by atoms with Gasteiger partial charge in [0.05, 0.1) is 19.4 Å². The van der Waals surface area contributed by atoms with Gasteiger partial charge < -0.3 is 53.2 Å². The summed E-state index contributed by atoms with van der Waals surface area (Å²) in [4.78, 5) is 80.9. The average Bonchev–Trinajstić information content (AvgIpc) is 1.59. The second-order valence-corrected chi connectivity index (χ2v) is 29.8. The summed E-state index contributed by atoms with van der Waals surface area (Å²) in [5.74, 6) is 1.28. The average molecular weight is 1310 g/mol. The third-order valence-corrected chi connectivity index (χ3v) is 24.6. The van der Waals surface area contributed by atoms with Crippen molar-refractivity contribution in [3.8, 4) is 0 Å². The molecule has 2 saturated carbocycles. The lowest BCUT2D eigenvalue weighted by Crippen LogP contribution is -2.55. The molecule has 6 bridgehead atoms. The first-order chi connectivity index (χ1) is 45.3. The molecule has 12 aliphatic rings. The summed E-state index contributed by atoms with van der Waals surface area (Å²) in [7, 11) is 6.47. The summed E-state index contributed by atoms with van der Waals surface area (Å²) < 4.78 is 75.3. The van der Waals surface area contributed by atoms with Crippen molar-refractivity contribution in [2.24, 2.45) is 11.8 Å². The number of methoxy groups -OCH3 is 2. The molecule has 10 heterocycles. The Morgan fingerprint density at radius 1 is 0.468 bits per heavy atom. The lowest BCUT2D eigenvalue weighted by atomic mass is 9.73. The Bertz CT molecular complexity index is 3240. The molecule has 3 aromatic carbocycles. The number of anilines is 3. The molecule has 9 fully saturated rings. The van der Waals surface area contributed by atoms with E-state index in [4.69, 9.17) is 18.9 Å². The van der Waals surface area contributed by atoms with E-state index in [1.165, 1.54) is 57.4 Å². The number of halogens is 4. The highest BCUT2D eigenvalue weighted by molar-refractivity contribution is 5.96. The molecule has 6 amide bonds. The third kappa shape index (κ3) is 12.8. The largest absolute Gasteiger partial charge is 0.452 e. The first kappa shape index (κ1) is 66.4. The summed E-state index contributed by atoms with van der Waals surface area (Å²) >= 11 is 0. The highest BCUT2D eigenvalue weighted by Crippen LogP contribution is 2.53. The van der Waals surface area contributed by atoms with E-state index in [2.05, 4.69) is 14.7 Å². The van der Waals surface area contributed by atoms with Gasteiger partial charge >= 0.3 is 24.3 Å².